The Morgan fingerprint density at radius 2 is 2.33 bits per heavy atom. The Hall–Kier alpha value is -0.720. The van der Waals surface area contributed by atoms with Crippen LogP contribution in [0.25, 0.3) is 0 Å². The van der Waals surface area contributed by atoms with E-state index in [0.29, 0.717) is 11.7 Å². The number of hydrogen-bond acceptors (Lipinski definition) is 4. The van der Waals surface area contributed by atoms with Crippen LogP contribution in [0.5, 0.6) is 0 Å². The van der Waals surface area contributed by atoms with Gasteiger partial charge in [-0.1, -0.05) is 0 Å². The summed E-state index contributed by atoms with van der Waals surface area (Å²) in [5.41, 5.74) is 0. The molecule has 0 atom stereocenters. The zero-order valence-corrected chi connectivity index (χ0v) is 10.3. The molecule has 2 N–H and O–H groups in total. The fourth-order valence-corrected chi connectivity index (χ4v) is 1.81. The van der Waals surface area contributed by atoms with E-state index in [1.807, 2.05) is 11.6 Å². The molecule has 1 rings (SSSR count). The van der Waals surface area contributed by atoms with E-state index < -0.39 is 0 Å². The fraction of sp³-hybridized carbons (Fsp3) is 0.556. The number of methoxy groups -OCH3 is 1. The Bertz CT molecular complexity index is 277. The van der Waals surface area contributed by atoms with Crippen molar-refractivity contribution in [2.45, 2.75) is 6.42 Å². The Morgan fingerprint density at radius 1 is 1.53 bits per heavy atom. The first-order chi connectivity index (χ1) is 7.33. The molecular formula is C9H15N3OS2. The summed E-state index contributed by atoms with van der Waals surface area (Å²) in [6.07, 6.45) is 2.72. The van der Waals surface area contributed by atoms with Crippen LogP contribution in [0.2, 0.25) is 0 Å². The molecule has 4 nitrogen and oxygen atoms in total. The molecule has 0 aliphatic rings. The monoisotopic (exact) mass is 245 g/mol. The van der Waals surface area contributed by atoms with E-state index in [9.17, 15) is 0 Å². The molecule has 6 heteroatoms. The minimum Gasteiger partial charge on any atom is -0.383 e. The molecule has 0 fully saturated rings. The van der Waals surface area contributed by atoms with Crippen LogP contribution in [-0.2, 0) is 11.2 Å². The summed E-state index contributed by atoms with van der Waals surface area (Å²) in [6, 6.07) is 0. The lowest BCUT2D eigenvalue weighted by Gasteiger charge is -2.08. The lowest BCUT2D eigenvalue weighted by molar-refractivity contribution is 0.204. The number of thiocarbonyl (C=S) groups is 1. The number of nitrogens with zero attached hydrogens (tertiary/aromatic N) is 1. The van der Waals surface area contributed by atoms with Crippen molar-refractivity contribution in [1.29, 1.82) is 0 Å². The van der Waals surface area contributed by atoms with Crippen LogP contribution in [0.3, 0.4) is 0 Å². The van der Waals surface area contributed by atoms with E-state index in [-0.39, 0.29) is 0 Å². The third-order valence-corrected chi connectivity index (χ3v) is 2.83. The van der Waals surface area contributed by atoms with Crippen LogP contribution in [-0.4, -0.2) is 36.9 Å². The molecule has 1 heterocycles. The lowest BCUT2D eigenvalue weighted by atomic mass is 10.4. The highest BCUT2D eigenvalue weighted by atomic mass is 32.1. The maximum Gasteiger partial charge on any atom is 0.166 e. The molecule has 0 aliphatic heterocycles. The number of thiazole rings is 1. The molecule has 15 heavy (non-hydrogen) atoms. The molecule has 1 aromatic heterocycles. The van der Waals surface area contributed by atoms with Crippen molar-refractivity contribution in [3.63, 3.8) is 0 Å². The van der Waals surface area contributed by atoms with Crippen molar-refractivity contribution in [3.8, 4) is 0 Å². The molecule has 0 saturated carbocycles. The van der Waals surface area contributed by atoms with Crippen molar-refractivity contribution in [2.24, 2.45) is 0 Å². The van der Waals surface area contributed by atoms with E-state index >= 15 is 0 Å². The van der Waals surface area contributed by atoms with E-state index in [2.05, 4.69) is 15.6 Å². The van der Waals surface area contributed by atoms with Crippen LogP contribution in [0.4, 0.5) is 0 Å². The standard InChI is InChI=1S/C9H15N3OS2/c1-13-6-4-12-9(14)11-3-2-8-10-5-7-15-8/h5,7H,2-4,6H2,1H3,(H2,11,12,14). The number of aromatic nitrogens is 1. The summed E-state index contributed by atoms with van der Waals surface area (Å²) < 4.78 is 4.90. The smallest absolute Gasteiger partial charge is 0.166 e. The second kappa shape index (κ2) is 7.56. The van der Waals surface area contributed by atoms with Crippen LogP contribution >= 0.6 is 23.6 Å². The molecule has 0 bridgehead atoms. The second-order valence-corrected chi connectivity index (χ2v) is 4.24. The summed E-state index contributed by atoms with van der Waals surface area (Å²) in [5, 5.41) is 9.93. The van der Waals surface area contributed by atoms with Gasteiger partial charge in [-0.15, -0.1) is 11.3 Å². The SMILES string of the molecule is COCCNC(=S)NCCc1nccs1. The highest BCUT2D eigenvalue weighted by molar-refractivity contribution is 7.80. The zero-order valence-electron chi connectivity index (χ0n) is 8.66. The first kappa shape index (κ1) is 12.4. The van der Waals surface area contributed by atoms with Gasteiger partial charge in [-0.3, -0.25) is 0 Å². The van der Waals surface area contributed by atoms with Gasteiger partial charge >= 0.3 is 0 Å². The van der Waals surface area contributed by atoms with Gasteiger partial charge in [0.2, 0.25) is 0 Å². The van der Waals surface area contributed by atoms with Gasteiger partial charge in [-0.05, 0) is 12.2 Å². The predicted molar refractivity (Wildman–Crippen MR) is 66.3 cm³/mol. The van der Waals surface area contributed by atoms with Gasteiger partial charge < -0.3 is 15.4 Å². The molecule has 0 radical (unpaired) electrons. The number of ether oxygens (including phenoxy) is 1. The van der Waals surface area contributed by atoms with Gasteiger partial charge in [-0.2, -0.15) is 0 Å². The first-order valence-electron chi connectivity index (χ1n) is 4.72. The third-order valence-electron chi connectivity index (χ3n) is 1.70. The molecule has 0 spiro atoms. The van der Waals surface area contributed by atoms with Crippen LogP contribution in [0, 0.1) is 0 Å². The van der Waals surface area contributed by atoms with Gasteiger partial charge in [0.1, 0.15) is 0 Å². The first-order valence-corrected chi connectivity index (χ1v) is 6.00. The number of hydrogen-bond donors (Lipinski definition) is 2. The minimum atomic E-state index is 0.661. The summed E-state index contributed by atoms with van der Waals surface area (Å²) >= 11 is 6.73. The lowest BCUT2D eigenvalue weighted by Crippen LogP contribution is -2.37. The second-order valence-electron chi connectivity index (χ2n) is 2.85. The van der Waals surface area contributed by atoms with Gasteiger partial charge in [0.25, 0.3) is 0 Å². The minimum absolute atomic E-state index is 0.661. The molecule has 0 saturated heterocycles. The average molecular weight is 245 g/mol. The van der Waals surface area contributed by atoms with Gasteiger partial charge in [-0.25, -0.2) is 4.98 Å². The summed E-state index contributed by atoms with van der Waals surface area (Å²) in [7, 11) is 1.67. The van der Waals surface area contributed by atoms with Crippen molar-refractivity contribution in [2.75, 3.05) is 26.8 Å². The van der Waals surface area contributed by atoms with Crippen LogP contribution in [0.1, 0.15) is 5.01 Å². The van der Waals surface area contributed by atoms with Crippen molar-refractivity contribution >= 4 is 28.7 Å². The van der Waals surface area contributed by atoms with Gasteiger partial charge in [0.15, 0.2) is 5.11 Å². The average Bonchev–Trinajstić information content (AvgIpc) is 2.71. The summed E-state index contributed by atoms with van der Waals surface area (Å²) in [5.74, 6) is 0. The van der Waals surface area contributed by atoms with E-state index in [1.165, 1.54) is 0 Å². The molecule has 84 valence electrons. The molecular weight excluding hydrogens is 230 g/mol. The molecule has 0 aromatic carbocycles. The summed E-state index contributed by atoms with van der Waals surface area (Å²) in [4.78, 5) is 4.18. The van der Waals surface area contributed by atoms with Gasteiger partial charge in [0.05, 0.1) is 11.6 Å². The Morgan fingerprint density at radius 3 is 3.00 bits per heavy atom. The van der Waals surface area contributed by atoms with E-state index in [0.717, 1.165) is 24.5 Å². The van der Waals surface area contributed by atoms with Gasteiger partial charge in [0, 0.05) is 38.2 Å². The topological polar surface area (TPSA) is 46.2 Å². The highest BCUT2D eigenvalue weighted by Crippen LogP contribution is 2.03. The zero-order chi connectivity index (χ0) is 10.9. The Kier molecular flexibility index (Phi) is 6.22. The quantitative estimate of drug-likeness (QED) is 0.573. The molecule has 0 aliphatic carbocycles. The maximum absolute atomic E-state index is 5.07. The maximum atomic E-state index is 5.07. The molecule has 0 unspecified atom stereocenters. The van der Waals surface area contributed by atoms with Crippen molar-refractivity contribution < 1.29 is 4.74 Å². The number of rotatable bonds is 6. The van der Waals surface area contributed by atoms with Crippen LogP contribution < -0.4 is 10.6 Å². The van der Waals surface area contributed by atoms with Crippen LogP contribution in [0.15, 0.2) is 11.6 Å². The van der Waals surface area contributed by atoms with E-state index in [4.69, 9.17) is 17.0 Å². The highest BCUT2D eigenvalue weighted by Gasteiger charge is 1.97. The van der Waals surface area contributed by atoms with Crippen molar-refractivity contribution in [1.82, 2.24) is 15.6 Å². The third kappa shape index (κ3) is 5.66. The normalized spacial score (nSPS) is 9.93. The largest absolute Gasteiger partial charge is 0.383 e. The number of nitrogens with one attached hydrogen (secondary N) is 2. The van der Waals surface area contributed by atoms with E-state index in [1.54, 1.807) is 18.4 Å². The Balaban J connectivity index is 2.02. The molecule has 1 aromatic rings. The Labute approximate surface area is 99.1 Å². The predicted octanol–water partition coefficient (Wildman–Crippen LogP) is 0.796. The summed E-state index contributed by atoms with van der Waals surface area (Å²) in [6.45, 7) is 2.21. The molecule has 0 amide bonds. The fourth-order valence-electron chi connectivity index (χ4n) is 0.989. The van der Waals surface area contributed by atoms with Crippen molar-refractivity contribution in [3.05, 3.63) is 16.6 Å².